The second kappa shape index (κ2) is 4.78. The van der Waals surface area contributed by atoms with Crippen LogP contribution in [0.2, 0.25) is 0 Å². The molecule has 0 saturated heterocycles. The topological polar surface area (TPSA) is 46.2 Å². The first-order valence-electron chi connectivity index (χ1n) is 4.72. The largest absolute Gasteiger partial charge is 0.383 e. The molecule has 1 N–H and O–H groups in total. The Morgan fingerprint density at radius 1 is 1.12 bits per heavy atom. The van der Waals surface area contributed by atoms with E-state index >= 15 is 0 Å². The smallest absolute Gasteiger partial charge is 0.341 e. The maximum absolute atomic E-state index is 12.2. The zero-order valence-electron chi connectivity index (χ0n) is 8.94. The van der Waals surface area contributed by atoms with E-state index in [1.54, 1.807) is 0 Å². The van der Waals surface area contributed by atoms with Crippen LogP contribution in [-0.4, -0.2) is 20.2 Å². The molecule has 3 nitrogen and oxygen atoms in total. The molecule has 0 atom stereocenters. The minimum Gasteiger partial charge on any atom is -0.383 e. The molecule has 0 saturated carbocycles. The Labute approximate surface area is 93.4 Å². The van der Waals surface area contributed by atoms with Crippen LogP contribution in [-0.2, 0) is 9.84 Å². The van der Waals surface area contributed by atoms with Crippen molar-refractivity contribution < 1.29 is 17.2 Å². The predicted molar refractivity (Wildman–Crippen MR) is 58.4 cm³/mol. The van der Waals surface area contributed by atoms with Gasteiger partial charge >= 0.3 is 5.76 Å². The van der Waals surface area contributed by atoms with Gasteiger partial charge in [-0.2, -0.15) is 8.78 Å². The number of sulfone groups is 1. The molecule has 0 unspecified atom stereocenters. The number of alkyl halides is 2. The molecule has 0 aliphatic rings. The van der Waals surface area contributed by atoms with Crippen molar-refractivity contribution in [3.8, 4) is 0 Å². The van der Waals surface area contributed by atoms with Crippen molar-refractivity contribution in [2.75, 3.05) is 5.32 Å². The molecule has 0 spiro atoms. The number of anilines is 1. The van der Waals surface area contributed by atoms with Crippen molar-refractivity contribution in [1.82, 2.24) is 0 Å². The van der Waals surface area contributed by atoms with Crippen LogP contribution in [0, 0.1) is 0 Å². The summed E-state index contributed by atoms with van der Waals surface area (Å²) in [6, 6.07) is 5.47. The third-order valence-electron chi connectivity index (χ3n) is 1.87. The van der Waals surface area contributed by atoms with Gasteiger partial charge in [0.25, 0.3) is 0 Å². The van der Waals surface area contributed by atoms with Crippen molar-refractivity contribution in [3.63, 3.8) is 0 Å². The first-order chi connectivity index (χ1) is 7.34. The van der Waals surface area contributed by atoms with E-state index < -0.39 is 15.6 Å². The molecule has 16 heavy (non-hydrogen) atoms. The van der Waals surface area contributed by atoms with Gasteiger partial charge in [0.05, 0.1) is 4.90 Å². The van der Waals surface area contributed by atoms with Gasteiger partial charge in [-0.05, 0) is 38.1 Å². The van der Waals surface area contributed by atoms with E-state index in [9.17, 15) is 17.2 Å². The van der Waals surface area contributed by atoms with Gasteiger partial charge in [0, 0.05) is 11.7 Å². The van der Waals surface area contributed by atoms with E-state index in [2.05, 4.69) is 5.32 Å². The summed E-state index contributed by atoms with van der Waals surface area (Å²) in [5.41, 5.74) is 0.697. The molecule has 0 amide bonds. The standard InChI is InChI=1S/C10H13F2NO2S/c1-7(2)13-8-3-5-9(6-4-8)16(14,15)10(11)12/h3-7,10,13H,1-2H3. The Morgan fingerprint density at radius 2 is 1.62 bits per heavy atom. The second-order valence-corrected chi connectivity index (χ2v) is 5.55. The molecule has 0 aliphatic heterocycles. The summed E-state index contributed by atoms with van der Waals surface area (Å²) >= 11 is 0. The number of hydrogen-bond donors (Lipinski definition) is 1. The van der Waals surface area contributed by atoms with Crippen LogP contribution < -0.4 is 5.32 Å². The van der Waals surface area contributed by atoms with Gasteiger partial charge in [0.15, 0.2) is 0 Å². The Hall–Kier alpha value is -1.17. The molecule has 0 bridgehead atoms. The highest BCUT2D eigenvalue weighted by Gasteiger charge is 2.26. The van der Waals surface area contributed by atoms with Crippen LogP contribution in [0.25, 0.3) is 0 Å². The van der Waals surface area contributed by atoms with Gasteiger partial charge in [-0.1, -0.05) is 0 Å². The van der Waals surface area contributed by atoms with Gasteiger partial charge in [-0.15, -0.1) is 0 Å². The van der Waals surface area contributed by atoms with E-state index in [1.165, 1.54) is 24.3 Å². The molecule has 0 heterocycles. The molecule has 0 radical (unpaired) electrons. The summed E-state index contributed by atoms with van der Waals surface area (Å²) in [7, 11) is -4.48. The quantitative estimate of drug-likeness (QED) is 0.891. The van der Waals surface area contributed by atoms with E-state index in [4.69, 9.17) is 0 Å². The molecule has 1 aromatic rings. The van der Waals surface area contributed by atoms with Crippen LogP contribution in [0.3, 0.4) is 0 Å². The molecule has 0 fully saturated rings. The fourth-order valence-electron chi connectivity index (χ4n) is 1.18. The summed E-state index contributed by atoms with van der Waals surface area (Å²) in [5.74, 6) is -3.38. The van der Waals surface area contributed by atoms with E-state index in [1.807, 2.05) is 13.8 Å². The zero-order chi connectivity index (χ0) is 12.3. The van der Waals surface area contributed by atoms with Crippen LogP contribution in [0.1, 0.15) is 13.8 Å². The lowest BCUT2D eigenvalue weighted by molar-refractivity contribution is 0.234. The lowest BCUT2D eigenvalue weighted by atomic mass is 10.3. The van der Waals surface area contributed by atoms with E-state index in [0.29, 0.717) is 5.69 Å². The van der Waals surface area contributed by atoms with Crippen molar-refractivity contribution in [1.29, 1.82) is 0 Å². The van der Waals surface area contributed by atoms with Gasteiger partial charge < -0.3 is 5.32 Å². The predicted octanol–water partition coefficient (Wildman–Crippen LogP) is 2.50. The SMILES string of the molecule is CC(C)Nc1ccc(S(=O)(=O)C(F)F)cc1. The lowest BCUT2D eigenvalue weighted by Gasteiger charge is -2.10. The molecule has 90 valence electrons. The van der Waals surface area contributed by atoms with Crippen LogP contribution >= 0.6 is 0 Å². The molecule has 0 aromatic heterocycles. The molecule has 1 aromatic carbocycles. The minimum atomic E-state index is -4.48. The average molecular weight is 249 g/mol. The van der Waals surface area contributed by atoms with Crippen LogP contribution in [0.4, 0.5) is 14.5 Å². The lowest BCUT2D eigenvalue weighted by Crippen LogP contribution is -2.12. The Bertz CT molecular complexity index is 440. The molecular formula is C10H13F2NO2S. The number of benzene rings is 1. The van der Waals surface area contributed by atoms with Crippen molar-refractivity contribution >= 4 is 15.5 Å². The van der Waals surface area contributed by atoms with Gasteiger partial charge in [-0.25, -0.2) is 8.42 Å². The van der Waals surface area contributed by atoms with Gasteiger partial charge in [0.1, 0.15) is 0 Å². The maximum atomic E-state index is 12.2. The zero-order valence-corrected chi connectivity index (χ0v) is 9.76. The summed E-state index contributed by atoms with van der Waals surface area (Å²) in [5, 5.41) is 3.03. The van der Waals surface area contributed by atoms with E-state index in [0.717, 1.165) is 0 Å². The molecule has 1 rings (SSSR count). The third-order valence-corrected chi connectivity index (χ3v) is 3.27. The Morgan fingerprint density at radius 3 is 2.00 bits per heavy atom. The van der Waals surface area contributed by atoms with E-state index in [-0.39, 0.29) is 10.9 Å². The fourth-order valence-corrected chi connectivity index (χ4v) is 1.90. The number of nitrogens with one attached hydrogen (secondary N) is 1. The number of hydrogen-bond acceptors (Lipinski definition) is 3. The third kappa shape index (κ3) is 2.91. The fraction of sp³-hybridized carbons (Fsp3) is 0.400. The summed E-state index contributed by atoms with van der Waals surface area (Å²) in [4.78, 5) is -0.364. The van der Waals surface area contributed by atoms with Crippen molar-refractivity contribution in [2.45, 2.75) is 30.5 Å². The normalized spacial score (nSPS) is 12.1. The molecular weight excluding hydrogens is 236 g/mol. The summed E-state index contributed by atoms with van der Waals surface area (Å²) in [6.45, 7) is 3.84. The Kier molecular flexibility index (Phi) is 3.85. The van der Waals surface area contributed by atoms with Crippen LogP contribution in [0.5, 0.6) is 0 Å². The maximum Gasteiger partial charge on any atom is 0.341 e. The average Bonchev–Trinajstić information content (AvgIpc) is 2.17. The van der Waals surface area contributed by atoms with Gasteiger partial charge in [-0.3, -0.25) is 0 Å². The number of halogens is 2. The highest BCUT2D eigenvalue weighted by molar-refractivity contribution is 7.91. The minimum absolute atomic E-state index is 0.192. The molecule has 0 aliphatic carbocycles. The van der Waals surface area contributed by atoms with Crippen molar-refractivity contribution in [2.24, 2.45) is 0 Å². The highest BCUT2D eigenvalue weighted by atomic mass is 32.2. The summed E-state index contributed by atoms with van der Waals surface area (Å²) in [6.07, 6.45) is 0. The highest BCUT2D eigenvalue weighted by Crippen LogP contribution is 2.20. The molecule has 6 heteroatoms. The monoisotopic (exact) mass is 249 g/mol. The summed E-state index contributed by atoms with van der Waals surface area (Å²) < 4.78 is 46.6. The first-order valence-corrected chi connectivity index (χ1v) is 6.27. The van der Waals surface area contributed by atoms with Gasteiger partial charge in [0.2, 0.25) is 9.84 Å². The second-order valence-electron chi connectivity index (χ2n) is 3.63. The Balaban J connectivity index is 2.96. The first kappa shape index (κ1) is 12.9. The number of rotatable bonds is 4. The van der Waals surface area contributed by atoms with Crippen molar-refractivity contribution in [3.05, 3.63) is 24.3 Å². The van der Waals surface area contributed by atoms with Crippen LogP contribution in [0.15, 0.2) is 29.2 Å².